The van der Waals surface area contributed by atoms with Crippen LogP contribution < -0.4 is 5.32 Å². The van der Waals surface area contributed by atoms with Crippen molar-refractivity contribution in [2.45, 2.75) is 12.5 Å². The number of nitrogens with one attached hydrogen (secondary N) is 1. The molecule has 2 aromatic rings. The average Bonchev–Trinajstić information content (AvgIpc) is 3.01. The zero-order valence-corrected chi connectivity index (χ0v) is 11.9. The van der Waals surface area contributed by atoms with E-state index in [0.29, 0.717) is 13.0 Å². The zero-order chi connectivity index (χ0) is 13.7. The fourth-order valence-corrected chi connectivity index (χ4v) is 2.54. The van der Waals surface area contributed by atoms with Gasteiger partial charge in [0.2, 0.25) is 5.91 Å². The molecule has 0 radical (unpaired) electrons. The number of hydrogen-bond acceptors (Lipinski definition) is 4. The molecular formula is C14H18N2O2S. The van der Waals surface area contributed by atoms with Gasteiger partial charge in [-0.1, -0.05) is 0 Å². The first kappa shape index (κ1) is 13.8. The molecule has 1 N–H and O–H groups in total. The van der Waals surface area contributed by atoms with Crippen LogP contribution in [0.1, 0.15) is 17.4 Å². The number of nitrogens with zero attached hydrogens (tertiary/aromatic N) is 1. The number of amides is 1. The maximum atomic E-state index is 11.9. The maximum absolute atomic E-state index is 11.9. The van der Waals surface area contributed by atoms with E-state index >= 15 is 0 Å². The number of likely N-dealkylation sites (N-methyl/N-ethyl adjacent to an activating group) is 1. The highest BCUT2D eigenvalue weighted by Gasteiger charge is 2.17. The molecule has 0 spiro atoms. The number of carbonyl (C=O) groups is 1. The third kappa shape index (κ3) is 3.94. The van der Waals surface area contributed by atoms with Crippen molar-refractivity contribution in [2.24, 2.45) is 0 Å². The third-order valence-corrected chi connectivity index (χ3v) is 3.66. The van der Waals surface area contributed by atoms with Gasteiger partial charge in [-0.2, -0.15) is 11.3 Å². The van der Waals surface area contributed by atoms with Crippen LogP contribution in [0.3, 0.4) is 0 Å². The number of carbonyl (C=O) groups excluding carboxylic acids is 1. The summed E-state index contributed by atoms with van der Waals surface area (Å²) in [6, 6.07) is 5.82. The molecule has 0 saturated heterocycles. The highest BCUT2D eigenvalue weighted by atomic mass is 32.1. The van der Waals surface area contributed by atoms with E-state index in [-0.39, 0.29) is 11.9 Å². The predicted molar refractivity (Wildman–Crippen MR) is 76.2 cm³/mol. The number of furan rings is 1. The molecule has 1 amide bonds. The molecule has 0 fully saturated rings. The summed E-state index contributed by atoms with van der Waals surface area (Å²) < 4.78 is 5.40. The van der Waals surface area contributed by atoms with Crippen molar-refractivity contribution in [3.63, 3.8) is 0 Å². The molecular weight excluding hydrogens is 260 g/mol. The summed E-state index contributed by atoms with van der Waals surface area (Å²) in [4.78, 5) is 13.9. The Kier molecular flexibility index (Phi) is 4.76. The van der Waals surface area contributed by atoms with Crippen LogP contribution in [0.15, 0.2) is 39.6 Å². The van der Waals surface area contributed by atoms with E-state index in [1.807, 2.05) is 48.0 Å². The monoisotopic (exact) mass is 278 g/mol. The minimum atomic E-state index is 0.0387. The zero-order valence-electron chi connectivity index (χ0n) is 11.1. The second-order valence-electron chi connectivity index (χ2n) is 4.61. The summed E-state index contributed by atoms with van der Waals surface area (Å²) in [5.74, 6) is 0.901. The van der Waals surface area contributed by atoms with Crippen LogP contribution in [0.5, 0.6) is 0 Å². The summed E-state index contributed by atoms with van der Waals surface area (Å²) in [6.07, 6.45) is 2.08. The largest absolute Gasteiger partial charge is 0.468 e. The summed E-state index contributed by atoms with van der Waals surface area (Å²) in [5.41, 5.74) is 1.06. The first-order chi connectivity index (χ1) is 9.16. The lowest BCUT2D eigenvalue weighted by molar-refractivity contribution is -0.120. The van der Waals surface area contributed by atoms with Gasteiger partial charge in [0, 0.05) is 6.54 Å². The first-order valence-corrected chi connectivity index (χ1v) is 7.08. The van der Waals surface area contributed by atoms with Gasteiger partial charge in [0.1, 0.15) is 5.76 Å². The molecule has 2 rings (SSSR count). The Balaban J connectivity index is 1.87. The van der Waals surface area contributed by atoms with E-state index in [2.05, 4.69) is 5.32 Å². The van der Waals surface area contributed by atoms with Crippen molar-refractivity contribution >= 4 is 17.2 Å². The van der Waals surface area contributed by atoms with E-state index in [1.54, 1.807) is 17.6 Å². The van der Waals surface area contributed by atoms with E-state index < -0.39 is 0 Å². The predicted octanol–water partition coefficient (Wildman–Crippen LogP) is 2.30. The lowest BCUT2D eigenvalue weighted by Gasteiger charge is -2.22. The third-order valence-electron chi connectivity index (χ3n) is 2.93. The summed E-state index contributed by atoms with van der Waals surface area (Å²) >= 11 is 1.61. The maximum Gasteiger partial charge on any atom is 0.224 e. The van der Waals surface area contributed by atoms with Crippen LogP contribution in [0.4, 0.5) is 0 Å². The number of rotatable bonds is 6. The molecule has 0 aliphatic heterocycles. The molecule has 0 aliphatic carbocycles. The van der Waals surface area contributed by atoms with Gasteiger partial charge in [0.05, 0.1) is 18.7 Å². The molecule has 102 valence electrons. The molecule has 0 saturated carbocycles. The van der Waals surface area contributed by atoms with Gasteiger partial charge in [0.15, 0.2) is 0 Å². The highest BCUT2D eigenvalue weighted by molar-refractivity contribution is 7.07. The fraction of sp³-hybridized carbons (Fsp3) is 0.357. The van der Waals surface area contributed by atoms with Crippen LogP contribution in [-0.2, 0) is 11.2 Å². The lowest BCUT2D eigenvalue weighted by Crippen LogP contribution is -2.35. The Morgan fingerprint density at radius 3 is 2.89 bits per heavy atom. The molecule has 2 aromatic heterocycles. The quantitative estimate of drug-likeness (QED) is 0.882. The second kappa shape index (κ2) is 6.54. The smallest absolute Gasteiger partial charge is 0.224 e. The van der Waals surface area contributed by atoms with Gasteiger partial charge in [-0.25, -0.2) is 0 Å². The topological polar surface area (TPSA) is 45.5 Å². The Labute approximate surface area is 117 Å². The number of thiophene rings is 1. The molecule has 4 nitrogen and oxygen atoms in total. The van der Waals surface area contributed by atoms with Crippen LogP contribution in [0.2, 0.25) is 0 Å². The summed E-state index contributed by atoms with van der Waals surface area (Å²) in [7, 11) is 3.94. The Morgan fingerprint density at radius 2 is 2.32 bits per heavy atom. The average molecular weight is 278 g/mol. The molecule has 0 aromatic carbocycles. The second-order valence-corrected chi connectivity index (χ2v) is 5.39. The van der Waals surface area contributed by atoms with Crippen LogP contribution in [0.25, 0.3) is 0 Å². The molecule has 2 heterocycles. The minimum absolute atomic E-state index is 0.0387. The standard InChI is InChI=1S/C14H18N2O2S/c1-16(2)12(13-4-3-6-18-13)9-15-14(17)8-11-5-7-19-10-11/h3-7,10,12H,8-9H2,1-2H3,(H,15,17)/t12-/m1/s1. The van der Waals surface area contributed by atoms with E-state index in [4.69, 9.17) is 4.42 Å². The van der Waals surface area contributed by atoms with Gasteiger partial charge in [-0.05, 0) is 48.6 Å². The molecule has 19 heavy (non-hydrogen) atoms. The van der Waals surface area contributed by atoms with Gasteiger partial charge in [-0.15, -0.1) is 0 Å². The minimum Gasteiger partial charge on any atom is -0.468 e. The first-order valence-electron chi connectivity index (χ1n) is 6.14. The normalized spacial score (nSPS) is 12.6. The van der Waals surface area contributed by atoms with E-state index in [0.717, 1.165) is 11.3 Å². The van der Waals surface area contributed by atoms with Gasteiger partial charge < -0.3 is 9.73 Å². The lowest BCUT2D eigenvalue weighted by atomic mass is 10.2. The Morgan fingerprint density at radius 1 is 1.47 bits per heavy atom. The van der Waals surface area contributed by atoms with Crippen molar-refractivity contribution in [2.75, 3.05) is 20.6 Å². The molecule has 0 bridgehead atoms. The Hall–Kier alpha value is -1.59. The van der Waals surface area contributed by atoms with E-state index in [9.17, 15) is 4.79 Å². The highest BCUT2D eigenvalue weighted by Crippen LogP contribution is 2.17. The summed E-state index contributed by atoms with van der Waals surface area (Å²) in [5, 5.41) is 6.93. The fourth-order valence-electron chi connectivity index (χ4n) is 1.87. The van der Waals surface area contributed by atoms with Crippen molar-refractivity contribution in [1.82, 2.24) is 10.2 Å². The molecule has 1 atom stereocenters. The number of hydrogen-bond donors (Lipinski definition) is 1. The van der Waals surface area contributed by atoms with Crippen molar-refractivity contribution in [1.29, 1.82) is 0 Å². The van der Waals surface area contributed by atoms with Crippen LogP contribution >= 0.6 is 11.3 Å². The van der Waals surface area contributed by atoms with Gasteiger partial charge in [-0.3, -0.25) is 9.69 Å². The van der Waals surface area contributed by atoms with Gasteiger partial charge in [0.25, 0.3) is 0 Å². The van der Waals surface area contributed by atoms with Crippen molar-refractivity contribution in [3.05, 3.63) is 46.5 Å². The van der Waals surface area contributed by atoms with Crippen molar-refractivity contribution in [3.8, 4) is 0 Å². The van der Waals surface area contributed by atoms with Crippen LogP contribution in [-0.4, -0.2) is 31.4 Å². The van der Waals surface area contributed by atoms with Gasteiger partial charge >= 0.3 is 0 Å². The Bertz CT molecular complexity index is 492. The van der Waals surface area contributed by atoms with E-state index in [1.165, 1.54) is 0 Å². The summed E-state index contributed by atoms with van der Waals surface area (Å²) in [6.45, 7) is 0.545. The van der Waals surface area contributed by atoms with Crippen molar-refractivity contribution < 1.29 is 9.21 Å². The van der Waals surface area contributed by atoms with Crippen LogP contribution in [0, 0.1) is 0 Å². The molecule has 0 aliphatic rings. The molecule has 5 heteroatoms. The molecule has 0 unspecified atom stereocenters. The SMILES string of the molecule is CN(C)[C@H](CNC(=O)Cc1ccsc1)c1ccco1.